The summed E-state index contributed by atoms with van der Waals surface area (Å²) >= 11 is 5.20. The van der Waals surface area contributed by atoms with Crippen LogP contribution in [0.1, 0.15) is 18.9 Å². The predicted octanol–water partition coefficient (Wildman–Crippen LogP) is 0.953. The number of hydrogen-bond donors (Lipinski definition) is 3. The first-order chi connectivity index (χ1) is 12.4. The van der Waals surface area contributed by atoms with Crippen molar-refractivity contribution in [2.24, 2.45) is 4.99 Å². The number of aromatic hydroxyl groups is 1. The largest absolute Gasteiger partial charge is 0.494 e. The Balaban J connectivity index is 2.32. The lowest BCUT2D eigenvalue weighted by Gasteiger charge is -2.12. The predicted molar refractivity (Wildman–Crippen MR) is 105 cm³/mol. The first kappa shape index (κ1) is 19.9. The molecule has 0 saturated carbocycles. The van der Waals surface area contributed by atoms with Crippen LogP contribution in [0, 0.1) is 4.77 Å². The fourth-order valence-corrected chi connectivity index (χ4v) is 2.72. The number of H-pyrrole nitrogens is 1. The van der Waals surface area contributed by atoms with E-state index in [0.29, 0.717) is 18.8 Å². The van der Waals surface area contributed by atoms with Crippen LogP contribution in [0.4, 0.5) is 0 Å². The third kappa shape index (κ3) is 5.03. The van der Waals surface area contributed by atoms with Crippen LogP contribution in [0.3, 0.4) is 0 Å². The average molecular weight is 377 g/mol. The highest BCUT2D eigenvalue weighted by Gasteiger charge is 2.12. The lowest BCUT2D eigenvalue weighted by molar-refractivity contribution is -0.858. The second-order valence-corrected chi connectivity index (χ2v) is 6.49. The van der Waals surface area contributed by atoms with Gasteiger partial charge >= 0.3 is 0 Å². The van der Waals surface area contributed by atoms with Crippen LogP contribution < -0.4 is 15.2 Å². The zero-order valence-corrected chi connectivity index (χ0v) is 16.1. The number of rotatable bonds is 8. The highest BCUT2D eigenvalue weighted by Crippen LogP contribution is 2.21. The Morgan fingerprint density at radius 2 is 2.04 bits per heavy atom. The lowest BCUT2D eigenvalue weighted by Crippen LogP contribution is -3.05. The van der Waals surface area contributed by atoms with E-state index in [9.17, 15) is 9.90 Å². The molecule has 1 heterocycles. The van der Waals surface area contributed by atoms with Gasteiger partial charge in [-0.25, -0.2) is 0 Å². The third-order valence-corrected chi connectivity index (χ3v) is 4.00. The molecule has 2 aromatic rings. The van der Waals surface area contributed by atoms with E-state index in [1.165, 1.54) is 15.7 Å². The number of aromatic nitrogens is 2. The maximum Gasteiger partial charge on any atom is 0.264 e. The molecule has 0 aliphatic heterocycles. The molecule has 0 fully saturated rings. The summed E-state index contributed by atoms with van der Waals surface area (Å²) in [5.41, 5.74) is 0.249. The number of hydrogen-bond acceptors (Lipinski definition) is 5. The summed E-state index contributed by atoms with van der Waals surface area (Å²) in [6.07, 6.45) is 2.30. The SMILES string of the molecule is CCOc1ccc(-n2c(O)c(C=NCCC[NH+](C)C)c(=O)[nH]c2=S)cc1. The number of aromatic amines is 1. The second-order valence-electron chi connectivity index (χ2n) is 6.10. The summed E-state index contributed by atoms with van der Waals surface area (Å²) in [5.74, 6) is 0.487. The highest BCUT2D eigenvalue weighted by molar-refractivity contribution is 7.71. The normalized spacial score (nSPS) is 11.4. The molecule has 1 aromatic carbocycles. The van der Waals surface area contributed by atoms with E-state index >= 15 is 0 Å². The van der Waals surface area contributed by atoms with Crippen molar-refractivity contribution in [3.63, 3.8) is 0 Å². The summed E-state index contributed by atoms with van der Waals surface area (Å²) in [7, 11) is 4.14. The van der Waals surface area contributed by atoms with Crippen LogP contribution in [0.25, 0.3) is 5.69 Å². The molecule has 140 valence electrons. The molecule has 7 nitrogen and oxygen atoms in total. The minimum Gasteiger partial charge on any atom is -0.494 e. The fraction of sp³-hybridized carbons (Fsp3) is 0.389. The van der Waals surface area contributed by atoms with Crippen LogP contribution in [0.2, 0.25) is 0 Å². The molecule has 0 bridgehead atoms. The monoisotopic (exact) mass is 377 g/mol. The average Bonchev–Trinajstić information content (AvgIpc) is 2.58. The summed E-state index contributed by atoms with van der Waals surface area (Å²) in [4.78, 5) is 20.3. The van der Waals surface area contributed by atoms with Gasteiger partial charge < -0.3 is 14.7 Å². The van der Waals surface area contributed by atoms with Crippen molar-refractivity contribution >= 4 is 18.4 Å². The Bertz CT molecular complexity index is 869. The first-order valence-electron chi connectivity index (χ1n) is 8.54. The van der Waals surface area contributed by atoms with Crippen molar-refractivity contribution in [2.75, 3.05) is 33.8 Å². The topological polar surface area (TPSA) is 84.0 Å². The fourth-order valence-electron chi connectivity index (χ4n) is 2.43. The van der Waals surface area contributed by atoms with Gasteiger partial charge in [0.25, 0.3) is 5.56 Å². The van der Waals surface area contributed by atoms with Gasteiger partial charge in [0.2, 0.25) is 5.88 Å². The Hall–Kier alpha value is -2.45. The molecule has 0 atom stereocenters. The summed E-state index contributed by atoms with van der Waals surface area (Å²) in [5, 5.41) is 10.6. The smallest absolute Gasteiger partial charge is 0.264 e. The quantitative estimate of drug-likeness (QED) is 0.363. The molecule has 0 amide bonds. The van der Waals surface area contributed by atoms with Crippen molar-refractivity contribution in [3.05, 3.63) is 45.0 Å². The summed E-state index contributed by atoms with van der Waals surface area (Å²) in [6.45, 7) is 4.04. The Labute approximate surface area is 157 Å². The van der Waals surface area contributed by atoms with Gasteiger partial charge in [0.15, 0.2) is 4.77 Å². The zero-order chi connectivity index (χ0) is 19.1. The van der Waals surface area contributed by atoms with E-state index in [-0.39, 0.29) is 16.2 Å². The molecule has 0 aliphatic rings. The maximum atomic E-state index is 12.1. The minimum atomic E-state index is -0.461. The number of ether oxygens (including phenoxy) is 1. The number of nitrogens with zero attached hydrogens (tertiary/aromatic N) is 2. The molecule has 0 saturated heterocycles. The molecule has 0 radical (unpaired) electrons. The van der Waals surface area contributed by atoms with Crippen LogP contribution in [-0.2, 0) is 0 Å². The van der Waals surface area contributed by atoms with Crippen LogP contribution >= 0.6 is 12.2 Å². The molecule has 8 heteroatoms. The third-order valence-electron chi connectivity index (χ3n) is 3.71. The summed E-state index contributed by atoms with van der Waals surface area (Å²) < 4.78 is 6.93. The zero-order valence-electron chi connectivity index (χ0n) is 15.3. The van der Waals surface area contributed by atoms with Gasteiger partial charge in [-0.15, -0.1) is 0 Å². The van der Waals surface area contributed by atoms with Gasteiger partial charge in [-0.1, -0.05) is 0 Å². The van der Waals surface area contributed by atoms with E-state index in [2.05, 4.69) is 24.1 Å². The first-order valence-corrected chi connectivity index (χ1v) is 8.95. The molecule has 2 rings (SSSR count). The molecule has 0 spiro atoms. The second kappa shape index (κ2) is 9.30. The number of quaternary nitrogens is 1. The Morgan fingerprint density at radius 1 is 1.35 bits per heavy atom. The molecular formula is C18H25N4O3S+. The van der Waals surface area contributed by atoms with Crippen molar-refractivity contribution in [1.82, 2.24) is 9.55 Å². The molecular weight excluding hydrogens is 352 g/mol. The van der Waals surface area contributed by atoms with Gasteiger partial charge in [-0.05, 0) is 43.4 Å². The van der Waals surface area contributed by atoms with E-state index in [4.69, 9.17) is 17.0 Å². The molecule has 26 heavy (non-hydrogen) atoms. The van der Waals surface area contributed by atoms with Crippen molar-refractivity contribution in [3.8, 4) is 17.3 Å². The van der Waals surface area contributed by atoms with E-state index in [1.807, 2.05) is 6.92 Å². The van der Waals surface area contributed by atoms with E-state index in [1.54, 1.807) is 24.3 Å². The van der Waals surface area contributed by atoms with Gasteiger partial charge in [0.05, 0.1) is 32.9 Å². The highest BCUT2D eigenvalue weighted by atomic mass is 32.1. The number of nitrogens with one attached hydrogen (secondary N) is 2. The standard InChI is InChI=1S/C18H24N4O3S/c1-4-25-14-8-6-13(7-9-14)22-17(24)15(16(23)20-18(22)26)12-19-10-5-11-21(2)3/h6-9,12,24H,4-5,10-11H2,1-3H3,(H,20,23,26)/p+1. The Morgan fingerprint density at radius 3 is 2.65 bits per heavy atom. The number of benzene rings is 1. The maximum absolute atomic E-state index is 12.1. The minimum absolute atomic E-state index is 0.0877. The van der Waals surface area contributed by atoms with E-state index in [0.717, 1.165) is 18.7 Å². The molecule has 0 unspecified atom stereocenters. The number of aliphatic imine (C=N–C) groups is 1. The Kier molecular flexibility index (Phi) is 7.11. The van der Waals surface area contributed by atoms with Gasteiger partial charge in [-0.2, -0.15) is 0 Å². The molecule has 3 N–H and O–H groups in total. The van der Waals surface area contributed by atoms with Crippen LogP contribution in [0.5, 0.6) is 11.6 Å². The van der Waals surface area contributed by atoms with Crippen molar-refractivity contribution in [1.29, 1.82) is 0 Å². The molecule has 1 aromatic heterocycles. The van der Waals surface area contributed by atoms with Gasteiger partial charge in [0.1, 0.15) is 11.3 Å². The van der Waals surface area contributed by atoms with Crippen LogP contribution in [-0.4, -0.2) is 54.7 Å². The van der Waals surface area contributed by atoms with Gasteiger partial charge in [0, 0.05) is 19.2 Å². The van der Waals surface area contributed by atoms with Gasteiger partial charge in [-0.3, -0.25) is 19.3 Å². The van der Waals surface area contributed by atoms with Crippen molar-refractivity contribution in [2.45, 2.75) is 13.3 Å². The van der Waals surface area contributed by atoms with Crippen LogP contribution in [0.15, 0.2) is 34.1 Å². The summed E-state index contributed by atoms with van der Waals surface area (Å²) in [6, 6.07) is 7.09. The van der Waals surface area contributed by atoms with Crippen molar-refractivity contribution < 1.29 is 14.7 Å². The molecule has 0 aliphatic carbocycles. The lowest BCUT2D eigenvalue weighted by atomic mass is 10.2. The van der Waals surface area contributed by atoms with E-state index < -0.39 is 5.56 Å².